The summed E-state index contributed by atoms with van der Waals surface area (Å²) in [6.45, 7) is 0. The van der Waals surface area contributed by atoms with Crippen molar-refractivity contribution in [2.45, 2.75) is 0 Å². The smallest absolute Gasteiger partial charge is 0.124 e. The molecule has 0 atom stereocenters. The number of nitrogens with two attached hydrogens (primary N) is 1. The van der Waals surface area contributed by atoms with Crippen molar-refractivity contribution in [2.24, 2.45) is 0 Å². The van der Waals surface area contributed by atoms with Crippen LogP contribution in [0, 0.1) is 0 Å². The van der Waals surface area contributed by atoms with E-state index in [1.165, 1.54) is 15.8 Å². The molecule has 0 aliphatic heterocycles. The van der Waals surface area contributed by atoms with Gasteiger partial charge in [0.05, 0.1) is 10.2 Å². The minimum absolute atomic E-state index is 0.787. The molecule has 0 amide bonds. The van der Waals surface area contributed by atoms with Crippen molar-refractivity contribution < 1.29 is 0 Å². The number of benzene rings is 3. The van der Waals surface area contributed by atoms with Gasteiger partial charge in [0.25, 0.3) is 0 Å². The molecule has 1 heterocycles. The largest absolute Gasteiger partial charge is 0.399 e. The summed E-state index contributed by atoms with van der Waals surface area (Å²) in [6.07, 6.45) is 0. The molecule has 0 spiro atoms. The summed E-state index contributed by atoms with van der Waals surface area (Å²) in [4.78, 5) is 4.70. The van der Waals surface area contributed by atoms with Crippen molar-refractivity contribution in [1.82, 2.24) is 4.98 Å². The molecule has 1 aromatic heterocycles. The topological polar surface area (TPSA) is 38.9 Å². The molecule has 0 saturated carbocycles. The monoisotopic (exact) mass is 302 g/mol. The van der Waals surface area contributed by atoms with Crippen LogP contribution in [0.4, 0.5) is 5.69 Å². The second-order valence-electron chi connectivity index (χ2n) is 5.19. The summed E-state index contributed by atoms with van der Waals surface area (Å²) in [6, 6.07) is 24.7. The van der Waals surface area contributed by atoms with E-state index in [-0.39, 0.29) is 0 Å². The van der Waals surface area contributed by atoms with Crippen molar-refractivity contribution in [3.8, 4) is 21.7 Å². The van der Waals surface area contributed by atoms with Gasteiger partial charge in [-0.2, -0.15) is 0 Å². The van der Waals surface area contributed by atoms with Gasteiger partial charge in [-0.3, -0.25) is 0 Å². The Bertz CT molecular complexity index is 889. The highest BCUT2D eigenvalue weighted by Crippen LogP contribution is 2.31. The highest BCUT2D eigenvalue weighted by molar-refractivity contribution is 7.21. The fraction of sp³-hybridized carbons (Fsp3) is 0. The van der Waals surface area contributed by atoms with E-state index in [0.717, 1.165) is 21.8 Å². The van der Waals surface area contributed by atoms with Crippen LogP contribution in [-0.2, 0) is 0 Å². The molecule has 2 nitrogen and oxygen atoms in total. The van der Waals surface area contributed by atoms with Crippen LogP contribution in [0.1, 0.15) is 0 Å². The first kappa shape index (κ1) is 13.0. The van der Waals surface area contributed by atoms with Crippen molar-refractivity contribution >= 4 is 27.2 Å². The van der Waals surface area contributed by atoms with Crippen LogP contribution in [0.15, 0.2) is 72.8 Å². The van der Waals surface area contributed by atoms with Crippen molar-refractivity contribution in [1.29, 1.82) is 0 Å². The minimum atomic E-state index is 0.787. The number of aromatic nitrogens is 1. The van der Waals surface area contributed by atoms with Crippen molar-refractivity contribution in [2.75, 3.05) is 5.73 Å². The lowest BCUT2D eigenvalue weighted by molar-refractivity contribution is 1.47. The number of nitrogen functional groups attached to an aromatic ring is 1. The third-order valence-electron chi connectivity index (χ3n) is 3.67. The molecule has 4 aromatic rings. The van der Waals surface area contributed by atoms with Crippen LogP contribution in [0.25, 0.3) is 31.9 Å². The van der Waals surface area contributed by atoms with Crippen LogP contribution >= 0.6 is 11.3 Å². The van der Waals surface area contributed by atoms with Gasteiger partial charge in [0.2, 0.25) is 0 Å². The van der Waals surface area contributed by atoms with Gasteiger partial charge in [-0.15, -0.1) is 11.3 Å². The third kappa shape index (κ3) is 2.36. The Labute approximate surface area is 132 Å². The summed E-state index contributed by atoms with van der Waals surface area (Å²) in [5, 5.41) is 1.06. The van der Waals surface area contributed by atoms with E-state index in [1.807, 2.05) is 30.3 Å². The summed E-state index contributed by atoms with van der Waals surface area (Å²) in [7, 11) is 0. The van der Waals surface area contributed by atoms with Gasteiger partial charge in [-0.05, 0) is 35.4 Å². The first-order valence-corrected chi connectivity index (χ1v) is 7.93. The second-order valence-corrected chi connectivity index (χ2v) is 6.22. The summed E-state index contributed by atoms with van der Waals surface area (Å²) < 4.78 is 1.22. The van der Waals surface area contributed by atoms with Crippen LogP contribution in [0.3, 0.4) is 0 Å². The summed E-state index contributed by atoms with van der Waals surface area (Å²) in [5.41, 5.74) is 11.1. The van der Waals surface area contributed by atoms with E-state index in [1.54, 1.807) is 11.3 Å². The van der Waals surface area contributed by atoms with Gasteiger partial charge in [0.1, 0.15) is 5.01 Å². The molecule has 0 aliphatic carbocycles. The predicted molar refractivity (Wildman–Crippen MR) is 94.9 cm³/mol. The molecule has 106 valence electrons. The second kappa shape index (κ2) is 5.28. The fourth-order valence-electron chi connectivity index (χ4n) is 2.48. The SMILES string of the molecule is Nc1ccc(-c2ccc(-c3nc4ccccc4s3)cc2)cc1. The van der Waals surface area contributed by atoms with Gasteiger partial charge >= 0.3 is 0 Å². The molecule has 0 aliphatic rings. The summed E-state index contributed by atoms with van der Waals surface area (Å²) in [5.74, 6) is 0. The lowest BCUT2D eigenvalue weighted by Gasteiger charge is -2.03. The molecule has 22 heavy (non-hydrogen) atoms. The van der Waals surface area contributed by atoms with Gasteiger partial charge in [-0.25, -0.2) is 4.98 Å². The minimum Gasteiger partial charge on any atom is -0.399 e. The van der Waals surface area contributed by atoms with E-state index in [4.69, 9.17) is 10.7 Å². The highest BCUT2D eigenvalue weighted by Gasteiger charge is 2.06. The molecule has 4 rings (SSSR count). The number of para-hydroxylation sites is 1. The molecule has 0 bridgehead atoms. The molecule has 0 fully saturated rings. The highest BCUT2D eigenvalue weighted by atomic mass is 32.1. The Morgan fingerprint density at radius 3 is 1.95 bits per heavy atom. The zero-order chi connectivity index (χ0) is 14.9. The maximum atomic E-state index is 5.73. The van der Waals surface area contributed by atoms with Gasteiger partial charge in [0.15, 0.2) is 0 Å². The molecule has 3 aromatic carbocycles. The van der Waals surface area contributed by atoms with E-state index in [9.17, 15) is 0 Å². The molecular formula is C19H14N2S. The molecule has 0 radical (unpaired) electrons. The predicted octanol–water partition coefficient (Wildman–Crippen LogP) is 5.21. The molecule has 3 heteroatoms. The van der Waals surface area contributed by atoms with Crippen LogP contribution in [0.5, 0.6) is 0 Å². The fourth-order valence-corrected chi connectivity index (χ4v) is 3.45. The zero-order valence-electron chi connectivity index (χ0n) is 11.9. The Morgan fingerprint density at radius 2 is 1.27 bits per heavy atom. The number of rotatable bonds is 2. The average Bonchev–Trinajstić information content (AvgIpc) is 3.00. The average molecular weight is 302 g/mol. The maximum absolute atomic E-state index is 5.73. The lowest BCUT2D eigenvalue weighted by atomic mass is 10.0. The van der Waals surface area contributed by atoms with Gasteiger partial charge in [-0.1, -0.05) is 48.5 Å². The Kier molecular flexibility index (Phi) is 3.13. The lowest BCUT2D eigenvalue weighted by Crippen LogP contribution is -1.84. The van der Waals surface area contributed by atoms with Crippen LogP contribution < -0.4 is 5.73 Å². The van der Waals surface area contributed by atoms with Crippen molar-refractivity contribution in [3.63, 3.8) is 0 Å². The Balaban J connectivity index is 1.70. The summed E-state index contributed by atoms with van der Waals surface area (Å²) >= 11 is 1.73. The third-order valence-corrected chi connectivity index (χ3v) is 4.76. The van der Waals surface area contributed by atoms with E-state index < -0.39 is 0 Å². The standard InChI is InChI=1S/C19H14N2S/c20-16-11-9-14(10-12-16)13-5-7-15(8-6-13)19-21-17-3-1-2-4-18(17)22-19/h1-12H,20H2. The quantitative estimate of drug-likeness (QED) is 0.516. The maximum Gasteiger partial charge on any atom is 0.124 e. The zero-order valence-corrected chi connectivity index (χ0v) is 12.7. The Hall–Kier alpha value is -2.65. The molecule has 0 unspecified atom stereocenters. The van der Waals surface area contributed by atoms with E-state index >= 15 is 0 Å². The Morgan fingerprint density at radius 1 is 0.682 bits per heavy atom. The number of thiazole rings is 1. The number of fused-ring (bicyclic) bond motifs is 1. The first-order chi connectivity index (χ1) is 10.8. The van der Waals surface area contributed by atoms with Crippen molar-refractivity contribution in [3.05, 3.63) is 72.8 Å². The number of anilines is 1. The van der Waals surface area contributed by atoms with Gasteiger partial charge < -0.3 is 5.73 Å². The first-order valence-electron chi connectivity index (χ1n) is 7.11. The van der Waals surface area contributed by atoms with Gasteiger partial charge in [0, 0.05) is 11.3 Å². The number of hydrogen-bond donors (Lipinski definition) is 1. The van der Waals surface area contributed by atoms with E-state index in [0.29, 0.717) is 0 Å². The number of nitrogens with zero attached hydrogens (tertiary/aromatic N) is 1. The molecule has 2 N–H and O–H groups in total. The van der Waals surface area contributed by atoms with Crippen LogP contribution in [0.2, 0.25) is 0 Å². The molecule has 0 saturated heterocycles. The van der Waals surface area contributed by atoms with E-state index in [2.05, 4.69) is 42.5 Å². The number of hydrogen-bond acceptors (Lipinski definition) is 3. The normalized spacial score (nSPS) is 10.9. The molecular weight excluding hydrogens is 288 g/mol. The van der Waals surface area contributed by atoms with Crippen LogP contribution in [-0.4, -0.2) is 4.98 Å².